The molecule has 9 nitrogen and oxygen atoms in total. The lowest BCUT2D eigenvalue weighted by Gasteiger charge is -2.13. The highest BCUT2D eigenvalue weighted by Crippen LogP contribution is 2.33. The fraction of sp³-hybridized carbons (Fsp3) is 0.207. The number of ether oxygens (including phenoxy) is 5. The number of aromatic nitrogens is 3. The molecule has 1 heterocycles. The van der Waals surface area contributed by atoms with E-state index in [0.717, 1.165) is 11.1 Å². The van der Waals surface area contributed by atoms with E-state index in [9.17, 15) is 4.79 Å². The van der Waals surface area contributed by atoms with E-state index < -0.39 is 5.97 Å². The summed E-state index contributed by atoms with van der Waals surface area (Å²) in [6.45, 7) is 0.530. The third kappa shape index (κ3) is 6.31. The Morgan fingerprint density at radius 2 is 1.47 bits per heavy atom. The molecule has 0 aliphatic heterocycles. The molecular formula is C29H29N3O6. The number of benzene rings is 3. The fourth-order valence-corrected chi connectivity index (χ4v) is 3.84. The van der Waals surface area contributed by atoms with Crippen LogP contribution in [0.3, 0.4) is 0 Å². The molecule has 0 radical (unpaired) electrons. The van der Waals surface area contributed by atoms with Crippen LogP contribution < -0.4 is 18.9 Å². The van der Waals surface area contributed by atoms with Crippen LogP contribution in [0, 0.1) is 0 Å². The van der Waals surface area contributed by atoms with Crippen molar-refractivity contribution < 1.29 is 28.5 Å². The van der Waals surface area contributed by atoms with Gasteiger partial charge in [-0.15, -0.1) is 5.10 Å². The van der Waals surface area contributed by atoms with E-state index in [1.807, 2.05) is 36.4 Å². The number of carbonyl (C=O) groups is 1. The quantitative estimate of drug-likeness (QED) is 0.162. The maximum atomic E-state index is 13.4. The molecule has 1 aromatic heterocycles. The lowest BCUT2D eigenvalue weighted by Crippen LogP contribution is -2.08. The Hall–Kier alpha value is -4.79. The molecule has 0 unspecified atom stereocenters. The van der Waals surface area contributed by atoms with Crippen molar-refractivity contribution in [2.24, 2.45) is 0 Å². The van der Waals surface area contributed by atoms with Gasteiger partial charge in [0.1, 0.15) is 12.3 Å². The van der Waals surface area contributed by atoms with Crippen molar-refractivity contribution in [3.8, 4) is 23.0 Å². The number of rotatable bonds is 11. The van der Waals surface area contributed by atoms with Gasteiger partial charge in [0.05, 0.1) is 46.8 Å². The number of esters is 1. The zero-order valence-electron chi connectivity index (χ0n) is 21.7. The Morgan fingerprint density at radius 3 is 2.16 bits per heavy atom. The minimum Gasteiger partial charge on any atom is -0.493 e. The van der Waals surface area contributed by atoms with Gasteiger partial charge in [0, 0.05) is 0 Å². The molecule has 0 bridgehead atoms. The number of methoxy groups -OCH3 is 4. The second-order valence-corrected chi connectivity index (χ2v) is 8.21. The lowest BCUT2D eigenvalue weighted by atomic mass is 10.0. The van der Waals surface area contributed by atoms with Gasteiger partial charge in [0.15, 0.2) is 23.0 Å². The molecule has 0 aliphatic rings. The molecular weight excluding hydrogens is 486 g/mol. The molecule has 4 aromatic rings. The van der Waals surface area contributed by atoms with Gasteiger partial charge in [-0.1, -0.05) is 47.7 Å². The van der Waals surface area contributed by atoms with Gasteiger partial charge in [-0.25, -0.2) is 9.48 Å². The van der Waals surface area contributed by atoms with E-state index in [4.69, 9.17) is 23.7 Å². The monoisotopic (exact) mass is 515 g/mol. The molecule has 38 heavy (non-hydrogen) atoms. The fourth-order valence-electron chi connectivity index (χ4n) is 3.84. The maximum absolute atomic E-state index is 13.4. The summed E-state index contributed by atoms with van der Waals surface area (Å²) in [6, 6.07) is 20.5. The molecule has 9 heteroatoms. The van der Waals surface area contributed by atoms with Gasteiger partial charge in [-0.05, 0) is 47.0 Å². The van der Waals surface area contributed by atoms with Crippen LogP contribution in [-0.4, -0.2) is 49.4 Å². The molecule has 196 valence electrons. The van der Waals surface area contributed by atoms with Gasteiger partial charge in [-0.2, -0.15) is 0 Å². The topological polar surface area (TPSA) is 93.9 Å². The largest absolute Gasteiger partial charge is 0.493 e. The van der Waals surface area contributed by atoms with Crippen molar-refractivity contribution in [1.29, 1.82) is 0 Å². The maximum Gasteiger partial charge on any atom is 0.339 e. The highest BCUT2D eigenvalue weighted by Gasteiger charge is 2.18. The number of hydrogen-bond donors (Lipinski definition) is 0. The zero-order chi connectivity index (χ0) is 26.9. The highest BCUT2D eigenvalue weighted by atomic mass is 16.5. The molecule has 0 spiro atoms. The molecule has 0 atom stereocenters. The Balaban J connectivity index is 1.59. The Morgan fingerprint density at radius 1 is 0.816 bits per heavy atom. The summed E-state index contributed by atoms with van der Waals surface area (Å²) in [7, 11) is 6.21. The van der Waals surface area contributed by atoms with Crippen LogP contribution >= 0.6 is 0 Å². The number of hydrogen-bond acceptors (Lipinski definition) is 8. The molecule has 3 aromatic carbocycles. The summed E-state index contributed by atoms with van der Waals surface area (Å²) >= 11 is 0. The van der Waals surface area contributed by atoms with Gasteiger partial charge >= 0.3 is 5.97 Å². The van der Waals surface area contributed by atoms with E-state index in [1.54, 1.807) is 68.6 Å². The predicted octanol–water partition coefficient (Wildman–Crippen LogP) is 4.64. The standard InChI is InChI=1S/C29H29N3O6/c1-34-25-12-10-21(15-27(25)36-3)14-24(22-11-13-26(35-2)28(16-22)37-4)29(33)38-19-23-18-32(31-30-23)17-20-8-6-5-7-9-20/h5-16,18H,17,19H2,1-4H3/b24-14+. The van der Waals surface area contributed by atoms with Crippen molar-refractivity contribution in [3.63, 3.8) is 0 Å². The summed E-state index contributed by atoms with van der Waals surface area (Å²) in [5, 5.41) is 8.28. The van der Waals surface area contributed by atoms with Crippen LogP contribution in [0.5, 0.6) is 23.0 Å². The summed E-state index contributed by atoms with van der Waals surface area (Å²) in [6.07, 6.45) is 3.48. The first-order chi connectivity index (χ1) is 18.5. The summed E-state index contributed by atoms with van der Waals surface area (Å²) < 4.78 is 28.9. The number of carbonyl (C=O) groups excluding carboxylic acids is 1. The SMILES string of the molecule is COc1ccc(/C=C(/C(=O)OCc2cn(Cc3ccccc3)nn2)c2ccc(OC)c(OC)c2)cc1OC. The molecule has 0 saturated heterocycles. The Kier molecular flexibility index (Phi) is 8.61. The van der Waals surface area contributed by atoms with Gasteiger partial charge in [-0.3, -0.25) is 0 Å². The zero-order valence-corrected chi connectivity index (χ0v) is 21.7. The number of nitrogens with zero attached hydrogens (tertiary/aromatic N) is 3. The average molecular weight is 516 g/mol. The van der Waals surface area contributed by atoms with Crippen LogP contribution in [0.4, 0.5) is 0 Å². The third-order valence-corrected chi connectivity index (χ3v) is 5.76. The predicted molar refractivity (Wildman–Crippen MR) is 142 cm³/mol. The molecule has 0 N–H and O–H groups in total. The van der Waals surface area contributed by atoms with Crippen molar-refractivity contribution in [3.05, 3.63) is 95.3 Å². The summed E-state index contributed by atoms with van der Waals surface area (Å²) in [5.74, 6) is 1.62. The van der Waals surface area contributed by atoms with E-state index in [-0.39, 0.29) is 6.61 Å². The molecule has 0 fully saturated rings. The van der Waals surface area contributed by atoms with Crippen molar-refractivity contribution >= 4 is 17.6 Å². The Labute approximate surface area is 221 Å². The lowest BCUT2D eigenvalue weighted by molar-refractivity contribution is -0.137. The van der Waals surface area contributed by atoms with Gasteiger partial charge in [0.2, 0.25) is 0 Å². The van der Waals surface area contributed by atoms with Gasteiger partial charge in [0.25, 0.3) is 0 Å². The molecule has 4 rings (SSSR count). The molecule has 0 aliphatic carbocycles. The smallest absolute Gasteiger partial charge is 0.339 e. The van der Waals surface area contributed by atoms with E-state index in [2.05, 4.69) is 10.3 Å². The van der Waals surface area contributed by atoms with Crippen LogP contribution in [-0.2, 0) is 22.7 Å². The van der Waals surface area contributed by atoms with E-state index >= 15 is 0 Å². The summed E-state index contributed by atoms with van der Waals surface area (Å²) in [4.78, 5) is 13.4. The van der Waals surface area contributed by atoms with Crippen LogP contribution in [0.15, 0.2) is 72.9 Å². The minimum absolute atomic E-state index is 0.0375. The van der Waals surface area contributed by atoms with Gasteiger partial charge < -0.3 is 23.7 Å². The minimum atomic E-state index is -0.537. The summed E-state index contributed by atoms with van der Waals surface area (Å²) in [5.41, 5.74) is 3.25. The third-order valence-electron chi connectivity index (χ3n) is 5.76. The average Bonchev–Trinajstić information content (AvgIpc) is 3.41. The second-order valence-electron chi connectivity index (χ2n) is 8.21. The first-order valence-corrected chi connectivity index (χ1v) is 11.8. The molecule has 0 amide bonds. The van der Waals surface area contributed by atoms with Crippen LogP contribution in [0.2, 0.25) is 0 Å². The van der Waals surface area contributed by atoms with E-state index in [1.165, 1.54) is 7.11 Å². The Bertz CT molecular complexity index is 1420. The van der Waals surface area contributed by atoms with Crippen LogP contribution in [0.1, 0.15) is 22.4 Å². The van der Waals surface area contributed by atoms with Crippen molar-refractivity contribution in [2.45, 2.75) is 13.2 Å². The van der Waals surface area contributed by atoms with Crippen LogP contribution in [0.25, 0.3) is 11.6 Å². The first kappa shape index (κ1) is 26.3. The first-order valence-electron chi connectivity index (χ1n) is 11.8. The van der Waals surface area contributed by atoms with Crippen molar-refractivity contribution in [1.82, 2.24) is 15.0 Å². The molecule has 0 saturated carbocycles. The normalized spacial score (nSPS) is 11.1. The highest BCUT2D eigenvalue weighted by molar-refractivity contribution is 6.21. The van der Waals surface area contributed by atoms with Crippen molar-refractivity contribution in [2.75, 3.05) is 28.4 Å². The van der Waals surface area contributed by atoms with E-state index in [0.29, 0.717) is 46.4 Å². The second kappa shape index (κ2) is 12.4.